The van der Waals surface area contributed by atoms with Gasteiger partial charge in [-0.15, -0.1) is 0 Å². The highest BCUT2D eigenvalue weighted by Gasteiger charge is 2.37. The van der Waals surface area contributed by atoms with E-state index in [4.69, 9.17) is 11.5 Å². The van der Waals surface area contributed by atoms with Crippen molar-refractivity contribution in [2.24, 2.45) is 35.1 Å². The van der Waals surface area contributed by atoms with Gasteiger partial charge in [-0.1, -0.05) is 129 Å². The highest BCUT2D eigenvalue weighted by Crippen LogP contribution is 2.15. The van der Waals surface area contributed by atoms with Gasteiger partial charge in [0.2, 0.25) is 53.2 Å². The quantitative estimate of drug-likeness (QED) is 0.0465. The van der Waals surface area contributed by atoms with Crippen molar-refractivity contribution in [2.75, 3.05) is 24.0 Å². The molecule has 21 nitrogen and oxygen atoms in total. The SMILES string of the molecule is CC[C@H](C)[C@H](N)C(=O)N[C@@H](CCSC)C(=O)N[C@@H](Cc1ccccc1)C(=O)N[C@@H](CCSC)C(=O)N[C@@H](CC(C)C)C(=O)N[C@H](C(=O)N[C@@H](Cc1ccccc1)C(=O)N[C@@H](CC(N)=O)C(=O)N[C@H](C(=O)O)C(C)C)[C@@H](C)CC. The van der Waals surface area contributed by atoms with Crippen LogP contribution in [0, 0.1) is 23.7 Å². The first-order valence-electron chi connectivity index (χ1n) is 26.6. The zero-order valence-electron chi connectivity index (χ0n) is 46.9. The van der Waals surface area contributed by atoms with Crippen molar-refractivity contribution in [3.63, 3.8) is 0 Å². The minimum atomic E-state index is -1.62. The highest BCUT2D eigenvalue weighted by atomic mass is 32.2. The molecule has 11 atom stereocenters. The van der Waals surface area contributed by atoms with Crippen LogP contribution in [0.15, 0.2) is 60.7 Å². The molecule has 78 heavy (non-hydrogen) atoms. The number of rotatable bonds is 36. The van der Waals surface area contributed by atoms with Gasteiger partial charge in [-0.2, -0.15) is 23.5 Å². The van der Waals surface area contributed by atoms with Gasteiger partial charge in [0.05, 0.1) is 12.5 Å². The second-order valence-electron chi connectivity index (χ2n) is 20.5. The average molecular weight is 1130 g/mol. The van der Waals surface area contributed by atoms with Crippen LogP contribution in [0.4, 0.5) is 0 Å². The predicted octanol–water partition coefficient (Wildman–Crippen LogP) is 1.94. The minimum absolute atomic E-state index is 0.0327. The number of nitrogens with two attached hydrogens (primary N) is 2. The Balaban J connectivity index is 2.50. The van der Waals surface area contributed by atoms with Crippen molar-refractivity contribution >= 4 is 82.7 Å². The lowest BCUT2D eigenvalue weighted by atomic mass is 9.95. The van der Waals surface area contributed by atoms with Gasteiger partial charge < -0.3 is 59.1 Å². The van der Waals surface area contributed by atoms with Crippen molar-refractivity contribution in [1.82, 2.24) is 42.5 Å². The molecule has 0 aliphatic carbocycles. The number of carbonyl (C=O) groups is 10. The predicted molar refractivity (Wildman–Crippen MR) is 304 cm³/mol. The van der Waals surface area contributed by atoms with Crippen molar-refractivity contribution in [1.29, 1.82) is 0 Å². The van der Waals surface area contributed by atoms with E-state index in [0.29, 0.717) is 35.5 Å². The summed E-state index contributed by atoms with van der Waals surface area (Å²) in [6.45, 7) is 14.1. The lowest BCUT2D eigenvalue weighted by molar-refractivity contribution is -0.143. The fraction of sp³-hybridized carbons (Fsp3) is 0.600. The van der Waals surface area contributed by atoms with Crippen LogP contribution >= 0.6 is 23.5 Å². The van der Waals surface area contributed by atoms with E-state index in [1.165, 1.54) is 23.5 Å². The largest absolute Gasteiger partial charge is 0.480 e. The van der Waals surface area contributed by atoms with Crippen LogP contribution in [0.3, 0.4) is 0 Å². The van der Waals surface area contributed by atoms with Crippen LogP contribution in [-0.4, -0.2) is 143 Å². The van der Waals surface area contributed by atoms with E-state index in [1.54, 1.807) is 82.3 Å². The number of amides is 9. The monoisotopic (exact) mass is 1130 g/mol. The van der Waals surface area contributed by atoms with Crippen LogP contribution in [-0.2, 0) is 60.8 Å². The first-order chi connectivity index (χ1) is 36.9. The summed E-state index contributed by atoms with van der Waals surface area (Å²) in [6.07, 6.45) is 4.43. The Kier molecular flexibility index (Phi) is 30.8. The van der Waals surface area contributed by atoms with E-state index >= 15 is 0 Å². The number of thioether (sulfide) groups is 2. The first-order valence-corrected chi connectivity index (χ1v) is 29.4. The summed E-state index contributed by atoms with van der Waals surface area (Å²) >= 11 is 2.90. The molecule has 0 radical (unpaired) electrons. The lowest BCUT2D eigenvalue weighted by Gasteiger charge is -2.30. The molecule has 0 aliphatic rings. The molecular weight excluding hydrogens is 1040 g/mol. The lowest BCUT2D eigenvalue weighted by Crippen LogP contribution is -2.62. The molecule has 434 valence electrons. The van der Waals surface area contributed by atoms with E-state index in [9.17, 15) is 53.1 Å². The molecule has 0 fully saturated rings. The van der Waals surface area contributed by atoms with Crippen molar-refractivity contribution in [2.45, 2.75) is 161 Å². The van der Waals surface area contributed by atoms with E-state index in [1.807, 2.05) is 46.3 Å². The Morgan fingerprint density at radius 1 is 0.487 bits per heavy atom. The molecule has 2 aromatic rings. The third kappa shape index (κ3) is 23.8. The van der Waals surface area contributed by atoms with Gasteiger partial charge in [0.15, 0.2) is 0 Å². The summed E-state index contributed by atoms with van der Waals surface area (Å²) in [5.74, 6) is -8.70. The molecule has 0 saturated heterocycles. The second kappa shape index (κ2) is 35.3. The maximum Gasteiger partial charge on any atom is 0.326 e. The third-order valence-corrected chi connectivity index (χ3v) is 14.6. The van der Waals surface area contributed by atoms with Crippen LogP contribution in [0.1, 0.15) is 105 Å². The van der Waals surface area contributed by atoms with Gasteiger partial charge >= 0.3 is 5.97 Å². The number of nitrogens with one attached hydrogen (secondary N) is 8. The standard InChI is InChI=1S/C55H86N10O11S2/c1-11-33(7)44(57)53(73)59-38(24-26-78-10)48(68)61-40(28-35-19-15-13-16-20-35)49(69)58-37(23-25-77-9)47(67)60-39(27-31(3)4)51(71)65-46(34(8)12-2)54(74)63-41(29-36-21-17-14-18-22-36)50(70)62-42(30-43(56)66)52(72)64-45(32(5)6)55(75)76/h13-22,31-34,37-42,44-46H,11-12,23-30,57H2,1-10H3,(H2,56,66)(H,58,69)(H,59,73)(H,60,67)(H,61,68)(H,62,70)(H,63,74)(H,64,72)(H,65,71)(H,75,76)/t33-,34-,37-,38-,39-,40-,41-,42-,44-,45-,46-/m0/s1. The van der Waals surface area contributed by atoms with E-state index in [2.05, 4.69) is 42.5 Å². The summed E-state index contributed by atoms with van der Waals surface area (Å²) in [5, 5.41) is 31.3. The Labute approximate surface area is 468 Å². The fourth-order valence-electron chi connectivity index (χ4n) is 8.09. The zero-order chi connectivity index (χ0) is 58.6. The fourth-order valence-corrected chi connectivity index (χ4v) is 9.04. The Morgan fingerprint density at radius 2 is 0.859 bits per heavy atom. The number of carbonyl (C=O) groups excluding carboxylic acids is 9. The zero-order valence-corrected chi connectivity index (χ0v) is 48.5. The molecule has 0 spiro atoms. The number of benzene rings is 2. The van der Waals surface area contributed by atoms with Crippen LogP contribution in [0.25, 0.3) is 0 Å². The maximum atomic E-state index is 14.5. The van der Waals surface area contributed by atoms with Gasteiger partial charge in [-0.05, 0) is 78.1 Å². The molecule has 0 aliphatic heterocycles. The Hall–Kier alpha value is -6.20. The van der Waals surface area contributed by atoms with Gasteiger partial charge in [0, 0.05) is 12.8 Å². The number of carboxylic acid groups (broad SMARTS) is 1. The molecule has 0 saturated carbocycles. The van der Waals surface area contributed by atoms with Crippen LogP contribution in [0.2, 0.25) is 0 Å². The number of carboxylic acids is 1. The van der Waals surface area contributed by atoms with E-state index < -0.39 is 132 Å². The average Bonchev–Trinajstić information content (AvgIpc) is 3.39. The molecule has 0 unspecified atom stereocenters. The summed E-state index contributed by atoms with van der Waals surface area (Å²) in [6, 6.07) is 6.39. The summed E-state index contributed by atoms with van der Waals surface area (Å²) in [7, 11) is 0. The van der Waals surface area contributed by atoms with Crippen LogP contribution < -0.4 is 54.0 Å². The topological polar surface area (TPSA) is 339 Å². The number of hydrogen-bond donors (Lipinski definition) is 11. The van der Waals surface area contributed by atoms with Crippen molar-refractivity contribution in [3.05, 3.63) is 71.8 Å². The summed E-state index contributed by atoms with van der Waals surface area (Å²) < 4.78 is 0. The molecule has 23 heteroatoms. The smallest absolute Gasteiger partial charge is 0.326 e. The highest BCUT2D eigenvalue weighted by molar-refractivity contribution is 7.98. The van der Waals surface area contributed by atoms with Gasteiger partial charge in [0.25, 0.3) is 0 Å². The van der Waals surface area contributed by atoms with E-state index in [0.717, 1.165) is 0 Å². The molecule has 0 aromatic heterocycles. The summed E-state index contributed by atoms with van der Waals surface area (Å²) in [5.41, 5.74) is 13.0. The van der Waals surface area contributed by atoms with Gasteiger partial charge in [-0.25, -0.2) is 4.79 Å². The Bertz CT molecular complexity index is 2280. The summed E-state index contributed by atoms with van der Waals surface area (Å²) in [4.78, 5) is 137. The van der Waals surface area contributed by atoms with Gasteiger partial charge in [-0.3, -0.25) is 43.2 Å². The van der Waals surface area contributed by atoms with Gasteiger partial charge in [0.1, 0.15) is 48.3 Å². The molecule has 0 heterocycles. The molecule has 0 bridgehead atoms. The molecule has 2 rings (SSSR count). The van der Waals surface area contributed by atoms with Crippen molar-refractivity contribution in [3.8, 4) is 0 Å². The second-order valence-corrected chi connectivity index (χ2v) is 22.4. The normalized spacial score (nSPS) is 15.5. The number of aliphatic carboxylic acids is 1. The number of primary amides is 1. The maximum absolute atomic E-state index is 14.5. The van der Waals surface area contributed by atoms with E-state index in [-0.39, 0.29) is 43.9 Å². The molecule has 13 N–H and O–H groups in total. The molecule has 9 amide bonds. The molecule has 2 aromatic carbocycles. The third-order valence-electron chi connectivity index (χ3n) is 13.3. The first kappa shape index (κ1) is 67.9. The number of hydrogen-bond acceptors (Lipinski definition) is 13. The minimum Gasteiger partial charge on any atom is -0.480 e. The molecular formula is C55H86N10O11S2. The van der Waals surface area contributed by atoms with Crippen LogP contribution in [0.5, 0.6) is 0 Å². The Morgan fingerprint density at radius 3 is 1.27 bits per heavy atom. The van der Waals surface area contributed by atoms with Crippen molar-refractivity contribution < 1.29 is 53.1 Å².